The fourth-order valence-corrected chi connectivity index (χ4v) is 2.96. The Morgan fingerprint density at radius 2 is 2.05 bits per heavy atom. The summed E-state index contributed by atoms with van der Waals surface area (Å²) in [6, 6.07) is 6.38. The normalized spacial score (nSPS) is 16.1. The second-order valence-electron chi connectivity index (χ2n) is 5.77. The monoisotopic (exact) mass is 282 g/mol. The number of pyridine rings is 1. The first kappa shape index (κ1) is 14.0. The molecule has 2 aromatic heterocycles. The molecule has 3 heterocycles. The molecule has 0 aromatic carbocycles. The third-order valence-corrected chi connectivity index (χ3v) is 4.29. The number of anilines is 1. The van der Waals surface area contributed by atoms with Crippen molar-refractivity contribution in [1.29, 1.82) is 0 Å². The Morgan fingerprint density at radius 1 is 1.19 bits per heavy atom. The number of hydrogen-bond donors (Lipinski definition) is 0. The summed E-state index contributed by atoms with van der Waals surface area (Å²) in [5.74, 6) is 1.79. The number of hydrogen-bond acceptors (Lipinski definition) is 4. The summed E-state index contributed by atoms with van der Waals surface area (Å²) in [5.41, 5.74) is 2.61. The maximum atomic E-state index is 4.29. The van der Waals surface area contributed by atoms with Crippen molar-refractivity contribution in [2.24, 2.45) is 5.92 Å². The van der Waals surface area contributed by atoms with E-state index in [0.29, 0.717) is 0 Å². The molecular weight excluding hydrogens is 260 g/mol. The van der Waals surface area contributed by atoms with Crippen LogP contribution in [0.25, 0.3) is 0 Å². The maximum Gasteiger partial charge on any atom is 0.151 e. The molecule has 110 valence electrons. The molecule has 0 radical (unpaired) electrons. The zero-order chi connectivity index (χ0) is 14.5. The van der Waals surface area contributed by atoms with Crippen molar-refractivity contribution in [3.8, 4) is 0 Å². The number of rotatable bonds is 4. The van der Waals surface area contributed by atoms with Gasteiger partial charge in [0.15, 0.2) is 5.82 Å². The van der Waals surface area contributed by atoms with Gasteiger partial charge in [0, 0.05) is 25.5 Å². The highest BCUT2D eigenvalue weighted by atomic mass is 15.3. The van der Waals surface area contributed by atoms with Gasteiger partial charge >= 0.3 is 0 Å². The topological polar surface area (TPSA) is 41.9 Å². The molecule has 21 heavy (non-hydrogen) atoms. The Labute approximate surface area is 126 Å². The molecule has 0 saturated carbocycles. The Morgan fingerprint density at radius 3 is 2.76 bits per heavy atom. The summed E-state index contributed by atoms with van der Waals surface area (Å²) >= 11 is 0. The largest absolute Gasteiger partial charge is 0.355 e. The third kappa shape index (κ3) is 3.57. The third-order valence-electron chi connectivity index (χ3n) is 4.29. The number of aryl methyl sites for hydroxylation is 1. The Balaban J connectivity index is 1.57. The van der Waals surface area contributed by atoms with Crippen molar-refractivity contribution >= 4 is 5.82 Å². The standard InChI is InChI=1S/C17H22N4/c1-2-14-11-17(20-19-13-14)21-8-5-15(6-9-21)10-16-4-3-7-18-12-16/h3-4,7,11-13,15H,2,5-6,8-10H2,1H3. The van der Waals surface area contributed by atoms with Gasteiger partial charge in [-0.1, -0.05) is 13.0 Å². The molecule has 1 saturated heterocycles. The number of piperidine rings is 1. The van der Waals surface area contributed by atoms with E-state index in [1.165, 1.54) is 24.0 Å². The summed E-state index contributed by atoms with van der Waals surface area (Å²) in [6.45, 7) is 4.31. The average molecular weight is 282 g/mol. The lowest BCUT2D eigenvalue weighted by Gasteiger charge is -2.32. The highest BCUT2D eigenvalue weighted by Gasteiger charge is 2.20. The first-order valence-electron chi connectivity index (χ1n) is 7.80. The Kier molecular flexibility index (Phi) is 4.43. The predicted molar refractivity (Wildman–Crippen MR) is 84.3 cm³/mol. The van der Waals surface area contributed by atoms with Crippen molar-refractivity contribution in [3.63, 3.8) is 0 Å². The lowest BCUT2D eigenvalue weighted by molar-refractivity contribution is 0.401. The van der Waals surface area contributed by atoms with Gasteiger partial charge in [0.05, 0.1) is 6.20 Å². The fraction of sp³-hybridized carbons (Fsp3) is 0.471. The van der Waals surface area contributed by atoms with E-state index in [9.17, 15) is 0 Å². The molecule has 0 spiro atoms. The van der Waals surface area contributed by atoms with Crippen LogP contribution < -0.4 is 4.90 Å². The SMILES string of the molecule is CCc1cnnc(N2CCC(Cc3cccnc3)CC2)c1. The molecule has 1 fully saturated rings. The molecule has 4 nitrogen and oxygen atoms in total. The molecule has 2 aromatic rings. The van der Waals surface area contributed by atoms with Gasteiger partial charge in [0.2, 0.25) is 0 Å². The van der Waals surface area contributed by atoms with Gasteiger partial charge < -0.3 is 4.90 Å². The first-order chi connectivity index (χ1) is 10.3. The van der Waals surface area contributed by atoms with Crippen molar-refractivity contribution in [2.75, 3.05) is 18.0 Å². The van der Waals surface area contributed by atoms with Crippen LogP contribution in [0, 0.1) is 5.92 Å². The lowest BCUT2D eigenvalue weighted by atomic mass is 9.91. The minimum Gasteiger partial charge on any atom is -0.355 e. The summed E-state index contributed by atoms with van der Waals surface area (Å²) in [5, 5.41) is 8.40. The lowest BCUT2D eigenvalue weighted by Crippen LogP contribution is -2.35. The summed E-state index contributed by atoms with van der Waals surface area (Å²) in [4.78, 5) is 6.57. The molecular formula is C17H22N4. The van der Waals surface area contributed by atoms with Gasteiger partial charge in [0.1, 0.15) is 0 Å². The van der Waals surface area contributed by atoms with Crippen molar-refractivity contribution in [3.05, 3.63) is 47.9 Å². The minimum atomic E-state index is 0.757. The molecule has 0 aliphatic carbocycles. The van der Waals surface area contributed by atoms with Crippen molar-refractivity contribution in [1.82, 2.24) is 15.2 Å². The second-order valence-corrected chi connectivity index (χ2v) is 5.77. The summed E-state index contributed by atoms with van der Waals surface area (Å²) in [7, 11) is 0. The van der Waals surface area contributed by atoms with E-state index in [-0.39, 0.29) is 0 Å². The maximum absolute atomic E-state index is 4.29. The van der Waals surface area contributed by atoms with Crippen LogP contribution in [-0.2, 0) is 12.8 Å². The van der Waals surface area contributed by atoms with Crippen LogP contribution in [0.1, 0.15) is 30.9 Å². The van der Waals surface area contributed by atoms with Crippen LogP contribution in [0.5, 0.6) is 0 Å². The number of aromatic nitrogens is 3. The molecule has 0 bridgehead atoms. The molecule has 4 heteroatoms. The molecule has 1 aliphatic heterocycles. The molecule has 0 unspecified atom stereocenters. The summed E-state index contributed by atoms with van der Waals surface area (Å²) < 4.78 is 0. The molecule has 3 rings (SSSR count). The van der Waals surface area contributed by atoms with Crippen LogP contribution in [0.4, 0.5) is 5.82 Å². The highest BCUT2D eigenvalue weighted by Crippen LogP contribution is 2.24. The number of nitrogens with zero attached hydrogens (tertiary/aromatic N) is 4. The zero-order valence-corrected chi connectivity index (χ0v) is 12.6. The van der Waals surface area contributed by atoms with Crippen LogP contribution in [-0.4, -0.2) is 28.3 Å². The van der Waals surface area contributed by atoms with E-state index >= 15 is 0 Å². The first-order valence-corrected chi connectivity index (χ1v) is 7.80. The molecule has 0 N–H and O–H groups in total. The van der Waals surface area contributed by atoms with Crippen LogP contribution >= 0.6 is 0 Å². The molecule has 1 aliphatic rings. The minimum absolute atomic E-state index is 0.757. The van der Waals surface area contributed by atoms with Crippen molar-refractivity contribution in [2.45, 2.75) is 32.6 Å². The highest BCUT2D eigenvalue weighted by molar-refractivity contribution is 5.39. The Hall–Kier alpha value is -1.97. The zero-order valence-electron chi connectivity index (χ0n) is 12.6. The Bertz CT molecular complexity index is 562. The molecule has 0 amide bonds. The van der Waals surface area contributed by atoms with E-state index < -0.39 is 0 Å². The van der Waals surface area contributed by atoms with Gasteiger partial charge in [-0.05, 0) is 54.9 Å². The smallest absolute Gasteiger partial charge is 0.151 e. The van der Waals surface area contributed by atoms with Gasteiger partial charge in [-0.3, -0.25) is 4.98 Å². The van der Waals surface area contributed by atoms with Crippen LogP contribution in [0.2, 0.25) is 0 Å². The van der Waals surface area contributed by atoms with E-state index in [1.807, 2.05) is 24.7 Å². The predicted octanol–water partition coefficient (Wildman–Crippen LogP) is 2.89. The van der Waals surface area contributed by atoms with Crippen LogP contribution in [0.15, 0.2) is 36.8 Å². The van der Waals surface area contributed by atoms with E-state index in [0.717, 1.165) is 37.7 Å². The van der Waals surface area contributed by atoms with E-state index in [2.05, 4.69) is 39.1 Å². The average Bonchev–Trinajstić information content (AvgIpc) is 2.56. The fourth-order valence-electron chi connectivity index (χ4n) is 2.96. The van der Waals surface area contributed by atoms with Gasteiger partial charge in [0.25, 0.3) is 0 Å². The van der Waals surface area contributed by atoms with Crippen LogP contribution in [0.3, 0.4) is 0 Å². The van der Waals surface area contributed by atoms with Gasteiger partial charge in [-0.25, -0.2) is 0 Å². The van der Waals surface area contributed by atoms with E-state index in [4.69, 9.17) is 0 Å². The van der Waals surface area contributed by atoms with Gasteiger partial charge in [-0.2, -0.15) is 5.10 Å². The molecule has 0 atom stereocenters. The van der Waals surface area contributed by atoms with Gasteiger partial charge in [-0.15, -0.1) is 5.10 Å². The van der Waals surface area contributed by atoms with Crippen molar-refractivity contribution < 1.29 is 0 Å². The second kappa shape index (κ2) is 6.66. The quantitative estimate of drug-likeness (QED) is 0.864. The van der Waals surface area contributed by atoms with E-state index in [1.54, 1.807) is 0 Å². The summed E-state index contributed by atoms with van der Waals surface area (Å²) in [6.07, 6.45) is 10.3.